The minimum Gasteiger partial charge on any atom is -0.467 e. The van der Waals surface area contributed by atoms with Crippen LogP contribution in [0.15, 0.2) is 16.7 Å². The van der Waals surface area contributed by atoms with Crippen LogP contribution in [0.3, 0.4) is 0 Å². The van der Waals surface area contributed by atoms with E-state index >= 15 is 0 Å². The molecule has 5 heteroatoms. The van der Waals surface area contributed by atoms with Crippen LogP contribution in [0.4, 0.5) is 0 Å². The molecule has 1 aliphatic heterocycles. The van der Waals surface area contributed by atoms with E-state index in [-0.39, 0.29) is 5.97 Å². The van der Waals surface area contributed by atoms with Crippen molar-refractivity contribution in [2.75, 3.05) is 26.7 Å². The summed E-state index contributed by atoms with van der Waals surface area (Å²) in [7, 11) is 1.37. The highest BCUT2D eigenvalue weighted by Gasteiger charge is 2.16. The first-order valence-corrected chi connectivity index (χ1v) is 7.31. The Balaban J connectivity index is 1.72. The average Bonchev–Trinajstić information content (AvgIpc) is 2.96. The first-order valence-electron chi connectivity index (χ1n) is 7.31. The van der Waals surface area contributed by atoms with E-state index in [9.17, 15) is 4.79 Å². The van der Waals surface area contributed by atoms with E-state index in [0.29, 0.717) is 18.2 Å². The summed E-state index contributed by atoms with van der Waals surface area (Å²) in [5, 5.41) is 3.38. The molecule has 1 fully saturated rings. The Kier molecular flexibility index (Phi) is 5.61. The molecule has 0 saturated carbocycles. The van der Waals surface area contributed by atoms with E-state index < -0.39 is 0 Å². The summed E-state index contributed by atoms with van der Waals surface area (Å²) in [6, 6.07) is 2.26. The van der Waals surface area contributed by atoms with Crippen molar-refractivity contribution in [2.24, 2.45) is 0 Å². The topological polar surface area (TPSA) is 54.7 Å². The highest BCUT2D eigenvalue weighted by atomic mass is 16.5. The first kappa shape index (κ1) is 15.1. The number of likely N-dealkylation sites (tertiary alicyclic amines) is 1. The number of carbonyl (C=O) groups is 1. The van der Waals surface area contributed by atoms with Gasteiger partial charge < -0.3 is 14.5 Å². The number of esters is 1. The zero-order valence-electron chi connectivity index (χ0n) is 12.4. The third-order valence-electron chi connectivity index (χ3n) is 3.83. The molecule has 0 aliphatic carbocycles. The van der Waals surface area contributed by atoms with Gasteiger partial charge in [0.2, 0.25) is 0 Å². The van der Waals surface area contributed by atoms with Crippen molar-refractivity contribution in [2.45, 2.75) is 38.8 Å². The number of nitrogens with zero attached hydrogens (tertiary/aromatic N) is 1. The van der Waals surface area contributed by atoms with Gasteiger partial charge in [-0.3, -0.25) is 4.90 Å². The Labute approximate surface area is 120 Å². The van der Waals surface area contributed by atoms with Gasteiger partial charge in [-0.1, -0.05) is 6.42 Å². The van der Waals surface area contributed by atoms with Crippen molar-refractivity contribution in [3.8, 4) is 0 Å². The molecule has 0 radical (unpaired) electrons. The smallest absolute Gasteiger partial charge is 0.341 e. The van der Waals surface area contributed by atoms with Gasteiger partial charge in [-0.05, 0) is 38.9 Å². The van der Waals surface area contributed by atoms with Gasteiger partial charge in [0.05, 0.1) is 19.2 Å². The van der Waals surface area contributed by atoms with Gasteiger partial charge in [0, 0.05) is 12.6 Å². The number of ether oxygens (including phenoxy) is 1. The van der Waals surface area contributed by atoms with Crippen LogP contribution in [0.5, 0.6) is 0 Å². The number of methoxy groups -OCH3 is 1. The van der Waals surface area contributed by atoms with E-state index in [1.54, 1.807) is 6.07 Å². The molecular weight excluding hydrogens is 256 g/mol. The molecule has 0 aromatic carbocycles. The van der Waals surface area contributed by atoms with E-state index in [1.807, 2.05) is 0 Å². The molecule has 2 rings (SSSR count). The van der Waals surface area contributed by atoms with Crippen molar-refractivity contribution in [3.63, 3.8) is 0 Å². The van der Waals surface area contributed by atoms with Gasteiger partial charge in [-0.2, -0.15) is 0 Å². The van der Waals surface area contributed by atoms with Crippen LogP contribution in [0.1, 0.15) is 42.3 Å². The summed E-state index contributed by atoms with van der Waals surface area (Å²) >= 11 is 0. The number of hydrogen-bond donors (Lipinski definition) is 1. The van der Waals surface area contributed by atoms with Crippen molar-refractivity contribution in [1.82, 2.24) is 10.2 Å². The van der Waals surface area contributed by atoms with Crippen LogP contribution < -0.4 is 5.32 Å². The summed E-state index contributed by atoms with van der Waals surface area (Å²) in [6.45, 7) is 6.22. The molecule has 20 heavy (non-hydrogen) atoms. The molecule has 1 aromatic heterocycles. The van der Waals surface area contributed by atoms with Gasteiger partial charge in [0.25, 0.3) is 0 Å². The maximum atomic E-state index is 11.3. The van der Waals surface area contributed by atoms with Crippen LogP contribution in [0, 0.1) is 0 Å². The standard InChI is InChI=1S/C15H24N2O3/c1-12(17-6-4-3-5-7-17)9-16-10-14-8-13(11-20-14)15(18)19-2/h8,11-12,16H,3-7,9-10H2,1-2H3. The molecule has 2 heterocycles. The highest BCUT2D eigenvalue weighted by molar-refractivity contribution is 5.88. The number of piperidine rings is 1. The lowest BCUT2D eigenvalue weighted by molar-refractivity contribution is 0.0600. The lowest BCUT2D eigenvalue weighted by atomic mass is 10.1. The van der Waals surface area contributed by atoms with Crippen LogP contribution in [-0.2, 0) is 11.3 Å². The number of carbonyl (C=O) groups excluding carboxylic acids is 1. The molecule has 1 aromatic rings. The molecule has 112 valence electrons. The molecule has 1 aliphatic rings. The fourth-order valence-electron chi connectivity index (χ4n) is 2.59. The third kappa shape index (κ3) is 4.08. The Morgan fingerprint density at radius 1 is 1.45 bits per heavy atom. The number of hydrogen-bond acceptors (Lipinski definition) is 5. The van der Waals surface area contributed by atoms with Gasteiger partial charge in [-0.15, -0.1) is 0 Å². The van der Waals surface area contributed by atoms with E-state index in [0.717, 1.165) is 12.3 Å². The van der Waals surface area contributed by atoms with Crippen LogP contribution >= 0.6 is 0 Å². The summed E-state index contributed by atoms with van der Waals surface area (Å²) in [6.07, 6.45) is 5.42. The number of furan rings is 1. The first-order chi connectivity index (χ1) is 9.70. The molecule has 0 spiro atoms. The van der Waals surface area contributed by atoms with Crippen molar-refractivity contribution in [1.29, 1.82) is 0 Å². The second kappa shape index (κ2) is 7.45. The fourth-order valence-corrected chi connectivity index (χ4v) is 2.59. The highest BCUT2D eigenvalue weighted by Crippen LogP contribution is 2.12. The minimum absolute atomic E-state index is 0.360. The van der Waals surface area contributed by atoms with Gasteiger partial charge >= 0.3 is 5.97 Å². The predicted octanol–water partition coefficient (Wildman–Crippen LogP) is 2.03. The minimum atomic E-state index is -0.360. The Bertz CT molecular complexity index is 425. The molecule has 5 nitrogen and oxygen atoms in total. The number of rotatable bonds is 6. The second-order valence-corrected chi connectivity index (χ2v) is 5.37. The van der Waals surface area contributed by atoms with Gasteiger partial charge in [-0.25, -0.2) is 4.79 Å². The third-order valence-corrected chi connectivity index (χ3v) is 3.83. The Hall–Kier alpha value is -1.33. The molecule has 0 bridgehead atoms. The zero-order valence-corrected chi connectivity index (χ0v) is 12.4. The van der Waals surface area contributed by atoms with Gasteiger partial charge in [0.1, 0.15) is 12.0 Å². The summed E-state index contributed by atoms with van der Waals surface area (Å²) in [5.74, 6) is 0.401. The maximum Gasteiger partial charge on any atom is 0.341 e. The second-order valence-electron chi connectivity index (χ2n) is 5.37. The van der Waals surface area contributed by atoms with Crippen molar-refractivity contribution in [3.05, 3.63) is 23.7 Å². The monoisotopic (exact) mass is 280 g/mol. The molecular formula is C15H24N2O3. The van der Waals surface area contributed by atoms with Gasteiger partial charge in [0.15, 0.2) is 0 Å². The number of nitrogens with one attached hydrogen (secondary N) is 1. The normalized spacial score (nSPS) is 17.9. The van der Waals surface area contributed by atoms with Crippen LogP contribution in [0.25, 0.3) is 0 Å². The summed E-state index contributed by atoms with van der Waals surface area (Å²) in [5.41, 5.74) is 0.466. The Morgan fingerprint density at radius 2 is 2.20 bits per heavy atom. The van der Waals surface area contributed by atoms with Crippen LogP contribution in [0.2, 0.25) is 0 Å². The van der Waals surface area contributed by atoms with E-state index in [1.165, 1.54) is 45.7 Å². The van der Waals surface area contributed by atoms with E-state index in [4.69, 9.17) is 4.42 Å². The molecule has 1 unspecified atom stereocenters. The maximum absolute atomic E-state index is 11.3. The SMILES string of the molecule is COC(=O)c1coc(CNCC(C)N2CCCCC2)c1. The fraction of sp³-hybridized carbons (Fsp3) is 0.667. The molecule has 1 saturated heterocycles. The lowest BCUT2D eigenvalue weighted by Gasteiger charge is -2.32. The zero-order chi connectivity index (χ0) is 14.4. The summed E-state index contributed by atoms with van der Waals surface area (Å²) < 4.78 is 9.98. The average molecular weight is 280 g/mol. The largest absolute Gasteiger partial charge is 0.467 e. The van der Waals surface area contributed by atoms with E-state index in [2.05, 4.69) is 21.9 Å². The quantitative estimate of drug-likeness (QED) is 0.808. The predicted molar refractivity (Wildman–Crippen MR) is 76.6 cm³/mol. The van der Waals surface area contributed by atoms with Crippen molar-refractivity contribution >= 4 is 5.97 Å². The Morgan fingerprint density at radius 3 is 2.90 bits per heavy atom. The lowest BCUT2D eigenvalue weighted by Crippen LogP contribution is -2.42. The molecule has 1 atom stereocenters. The molecule has 1 N–H and O–H groups in total. The molecule has 0 amide bonds. The van der Waals surface area contributed by atoms with Crippen molar-refractivity contribution < 1.29 is 13.9 Å². The summed E-state index contributed by atoms with van der Waals surface area (Å²) in [4.78, 5) is 13.8. The van der Waals surface area contributed by atoms with Crippen LogP contribution in [-0.4, -0.2) is 43.7 Å².